The number of hydrogen-bond donors (Lipinski definition) is 1. The lowest BCUT2D eigenvalue weighted by molar-refractivity contribution is 0.768. The molecule has 3 aromatic heterocycles. The van der Waals surface area contributed by atoms with Crippen molar-refractivity contribution < 1.29 is 0 Å². The number of nitrogens with one attached hydrogen (secondary N) is 1. The number of anilines is 1. The first kappa shape index (κ1) is 14.0. The maximum Gasteiger partial charge on any atom is 0.172 e. The predicted molar refractivity (Wildman–Crippen MR) is 86.7 cm³/mol. The summed E-state index contributed by atoms with van der Waals surface area (Å²) in [6, 6.07) is 3.81. The first-order valence-corrected chi connectivity index (χ1v) is 7.78. The van der Waals surface area contributed by atoms with E-state index in [1.54, 1.807) is 10.9 Å². The highest BCUT2D eigenvalue weighted by atomic mass is 35.5. The van der Waals surface area contributed by atoms with Gasteiger partial charge in [0.25, 0.3) is 0 Å². The molecule has 1 N–H and O–H groups in total. The van der Waals surface area contributed by atoms with Gasteiger partial charge in [0.05, 0.1) is 21.8 Å². The number of aromatic nitrogens is 4. The molecule has 3 heterocycles. The molecule has 5 nitrogen and oxygen atoms in total. The van der Waals surface area contributed by atoms with Gasteiger partial charge < -0.3 is 5.32 Å². The van der Waals surface area contributed by atoms with Gasteiger partial charge in [-0.25, -0.2) is 9.97 Å². The Labute approximate surface area is 131 Å². The zero-order chi connectivity index (χ0) is 14.8. The second kappa shape index (κ2) is 5.83. The van der Waals surface area contributed by atoms with Crippen LogP contribution >= 0.6 is 22.9 Å². The zero-order valence-electron chi connectivity index (χ0n) is 11.7. The van der Waals surface area contributed by atoms with Gasteiger partial charge in [0.1, 0.15) is 5.82 Å². The van der Waals surface area contributed by atoms with E-state index in [1.165, 1.54) is 11.3 Å². The van der Waals surface area contributed by atoms with E-state index in [0.29, 0.717) is 10.8 Å². The maximum absolute atomic E-state index is 6.00. The van der Waals surface area contributed by atoms with E-state index in [0.717, 1.165) is 28.5 Å². The number of rotatable bonds is 4. The van der Waals surface area contributed by atoms with Crippen LogP contribution in [0.4, 0.5) is 5.82 Å². The molecule has 0 spiro atoms. The fraction of sp³-hybridized carbons (Fsp3) is 0.214. The van der Waals surface area contributed by atoms with Gasteiger partial charge in [-0.15, -0.1) is 11.3 Å². The molecule has 0 radical (unpaired) electrons. The topological polar surface area (TPSA) is 55.6 Å². The van der Waals surface area contributed by atoms with Gasteiger partial charge in [-0.1, -0.05) is 11.6 Å². The summed E-state index contributed by atoms with van der Waals surface area (Å²) >= 11 is 7.53. The fourth-order valence-corrected chi connectivity index (χ4v) is 2.97. The number of halogens is 1. The summed E-state index contributed by atoms with van der Waals surface area (Å²) in [5.74, 6) is 1.47. The Hall–Kier alpha value is -1.92. The van der Waals surface area contributed by atoms with E-state index < -0.39 is 0 Å². The van der Waals surface area contributed by atoms with Crippen molar-refractivity contribution in [2.45, 2.75) is 6.92 Å². The van der Waals surface area contributed by atoms with Crippen molar-refractivity contribution >= 4 is 28.8 Å². The molecule has 7 heteroatoms. The summed E-state index contributed by atoms with van der Waals surface area (Å²) in [5, 5.41) is 10.0. The largest absolute Gasteiger partial charge is 0.370 e. The van der Waals surface area contributed by atoms with Gasteiger partial charge in [0, 0.05) is 36.8 Å². The van der Waals surface area contributed by atoms with Crippen molar-refractivity contribution in [3.05, 3.63) is 34.9 Å². The van der Waals surface area contributed by atoms with Crippen molar-refractivity contribution in [2.75, 3.05) is 11.9 Å². The Morgan fingerprint density at radius 1 is 1.33 bits per heavy atom. The third kappa shape index (κ3) is 3.06. The van der Waals surface area contributed by atoms with Gasteiger partial charge in [-0.2, -0.15) is 5.10 Å². The van der Waals surface area contributed by atoms with Crippen molar-refractivity contribution in [2.24, 2.45) is 7.05 Å². The highest BCUT2D eigenvalue weighted by molar-refractivity contribution is 7.14. The minimum Gasteiger partial charge on any atom is -0.370 e. The molecule has 0 aliphatic rings. The molecular formula is C14H14ClN5S. The fourth-order valence-electron chi connectivity index (χ4n) is 1.96. The number of thiophene rings is 1. The minimum atomic E-state index is 0.671. The molecule has 0 fully saturated rings. The van der Waals surface area contributed by atoms with Gasteiger partial charge in [-0.05, 0) is 13.0 Å². The van der Waals surface area contributed by atoms with Crippen LogP contribution in [0.3, 0.4) is 0 Å². The summed E-state index contributed by atoms with van der Waals surface area (Å²) in [4.78, 5) is 10.1. The Bertz CT molecular complexity index is 706. The van der Waals surface area contributed by atoms with E-state index in [9.17, 15) is 0 Å². The number of hydrogen-bond acceptors (Lipinski definition) is 5. The van der Waals surface area contributed by atoms with Gasteiger partial charge in [-0.3, -0.25) is 4.68 Å². The summed E-state index contributed by atoms with van der Waals surface area (Å²) < 4.78 is 1.76. The van der Waals surface area contributed by atoms with Crippen LogP contribution in [0.2, 0.25) is 5.02 Å². The average Bonchev–Trinajstić information content (AvgIpc) is 3.08. The normalized spacial score (nSPS) is 10.8. The summed E-state index contributed by atoms with van der Waals surface area (Å²) in [7, 11) is 1.88. The molecule has 0 unspecified atom stereocenters. The minimum absolute atomic E-state index is 0.671. The van der Waals surface area contributed by atoms with E-state index in [-0.39, 0.29) is 0 Å². The smallest absolute Gasteiger partial charge is 0.172 e. The third-order valence-corrected chi connectivity index (χ3v) is 4.15. The summed E-state index contributed by atoms with van der Waals surface area (Å²) in [6.07, 6.45) is 3.73. The molecular weight excluding hydrogens is 306 g/mol. The Kier molecular flexibility index (Phi) is 3.90. The van der Waals surface area contributed by atoms with Crippen LogP contribution in [0.1, 0.15) is 6.92 Å². The van der Waals surface area contributed by atoms with Crippen LogP contribution in [0.15, 0.2) is 29.9 Å². The first-order chi connectivity index (χ1) is 10.2. The van der Waals surface area contributed by atoms with Crippen LogP contribution in [0.25, 0.3) is 22.0 Å². The molecule has 0 aliphatic carbocycles. The second-order valence-electron chi connectivity index (χ2n) is 4.52. The Morgan fingerprint density at radius 3 is 2.81 bits per heavy atom. The van der Waals surface area contributed by atoms with Crippen LogP contribution in [0.5, 0.6) is 0 Å². The molecule has 0 bridgehead atoms. The molecule has 0 aliphatic heterocycles. The van der Waals surface area contributed by atoms with E-state index in [2.05, 4.69) is 20.4 Å². The molecule has 0 atom stereocenters. The molecule has 3 aromatic rings. The maximum atomic E-state index is 6.00. The summed E-state index contributed by atoms with van der Waals surface area (Å²) in [5.41, 5.74) is 1.80. The molecule has 0 saturated heterocycles. The standard InChI is InChI=1S/C14H14ClN5S/c1-3-16-13-5-11(9-6-17-20(2)7-9)18-14(19-13)12-4-10(15)8-21-12/h4-8H,3H2,1-2H3,(H,16,18,19). The molecule has 0 saturated carbocycles. The molecule has 3 rings (SSSR count). The van der Waals surface area contributed by atoms with E-state index in [1.807, 2.05) is 37.7 Å². The van der Waals surface area contributed by atoms with Crippen LogP contribution < -0.4 is 5.32 Å². The lowest BCUT2D eigenvalue weighted by Crippen LogP contribution is -2.02. The number of nitrogens with zero attached hydrogens (tertiary/aromatic N) is 4. The predicted octanol–water partition coefficient (Wildman–Crippen LogP) is 3.69. The third-order valence-electron chi connectivity index (χ3n) is 2.87. The lowest BCUT2D eigenvalue weighted by atomic mass is 10.2. The van der Waals surface area contributed by atoms with Crippen LogP contribution in [-0.2, 0) is 7.05 Å². The highest BCUT2D eigenvalue weighted by Gasteiger charge is 2.11. The van der Waals surface area contributed by atoms with Gasteiger partial charge >= 0.3 is 0 Å². The van der Waals surface area contributed by atoms with E-state index >= 15 is 0 Å². The molecule has 108 valence electrons. The Morgan fingerprint density at radius 2 is 2.19 bits per heavy atom. The van der Waals surface area contributed by atoms with Crippen molar-refractivity contribution in [1.29, 1.82) is 0 Å². The van der Waals surface area contributed by atoms with Crippen molar-refractivity contribution in [1.82, 2.24) is 19.7 Å². The highest BCUT2D eigenvalue weighted by Crippen LogP contribution is 2.30. The van der Waals surface area contributed by atoms with Gasteiger partial charge in [0.15, 0.2) is 5.82 Å². The van der Waals surface area contributed by atoms with Crippen LogP contribution in [-0.4, -0.2) is 26.3 Å². The summed E-state index contributed by atoms with van der Waals surface area (Å²) in [6.45, 7) is 2.83. The zero-order valence-corrected chi connectivity index (χ0v) is 13.2. The van der Waals surface area contributed by atoms with E-state index in [4.69, 9.17) is 11.6 Å². The molecule has 21 heavy (non-hydrogen) atoms. The van der Waals surface area contributed by atoms with Crippen molar-refractivity contribution in [3.8, 4) is 22.0 Å². The van der Waals surface area contributed by atoms with Gasteiger partial charge in [0.2, 0.25) is 0 Å². The second-order valence-corrected chi connectivity index (χ2v) is 5.87. The molecule has 0 aromatic carbocycles. The first-order valence-electron chi connectivity index (χ1n) is 6.52. The quantitative estimate of drug-likeness (QED) is 0.796. The molecule has 0 amide bonds. The average molecular weight is 320 g/mol. The van der Waals surface area contributed by atoms with Crippen molar-refractivity contribution in [3.63, 3.8) is 0 Å². The SMILES string of the molecule is CCNc1cc(-c2cnn(C)c2)nc(-c2cc(Cl)cs2)n1. The van der Waals surface area contributed by atoms with Crippen LogP contribution in [0, 0.1) is 0 Å². The number of aryl methyl sites for hydroxylation is 1. The monoisotopic (exact) mass is 319 g/mol. The Balaban J connectivity index is 2.09. The lowest BCUT2D eigenvalue weighted by Gasteiger charge is -2.07.